The number of carbonyl (C=O) groups excluding carboxylic acids is 3. The Kier molecular flexibility index (Phi) is 7.41. The van der Waals surface area contributed by atoms with Crippen LogP contribution in [0.15, 0.2) is 55.4 Å². The highest BCUT2D eigenvalue weighted by Crippen LogP contribution is 2.26. The molecule has 1 saturated heterocycles. The smallest absolute Gasteiger partial charge is 0.435 e. The summed E-state index contributed by atoms with van der Waals surface area (Å²) in [4.78, 5) is 44.4. The average molecular weight is 506 g/mol. The highest BCUT2D eigenvalue weighted by molar-refractivity contribution is 5.96. The summed E-state index contributed by atoms with van der Waals surface area (Å²) < 4.78 is 6.29. The van der Waals surface area contributed by atoms with Crippen molar-refractivity contribution in [2.75, 3.05) is 23.8 Å². The molecule has 3 heterocycles. The van der Waals surface area contributed by atoms with Gasteiger partial charge in [-0.15, -0.1) is 10.2 Å². The lowest BCUT2D eigenvalue weighted by atomic mass is 10.1. The highest BCUT2D eigenvalue weighted by Gasteiger charge is 2.36. The van der Waals surface area contributed by atoms with E-state index in [4.69, 9.17) is 10.5 Å². The number of nitrogens with one attached hydrogen (secondary N) is 1. The van der Waals surface area contributed by atoms with Crippen LogP contribution in [0.1, 0.15) is 29.4 Å². The number of rotatable bonds is 8. The molecule has 0 unspecified atom stereocenters. The van der Waals surface area contributed by atoms with Gasteiger partial charge in [0.05, 0.1) is 24.1 Å². The van der Waals surface area contributed by atoms with Gasteiger partial charge in [0.25, 0.3) is 5.91 Å². The van der Waals surface area contributed by atoms with Crippen LogP contribution in [0.3, 0.4) is 0 Å². The summed E-state index contributed by atoms with van der Waals surface area (Å²) >= 11 is 0. The van der Waals surface area contributed by atoms with Crippen LogP contribution in [0.5, 0.6) is 0 Å². The normalized spacial score (nSPS) is 16.8. The maximum Gasteiger partial charge on any atom is 0.435 e. The number of anilines is 3. The van der Waals surface area contributed by atoms with Crippen LogP contribution < -0.4 is 16.0 Å². The summed E-state index contributed by atoms with van der Waals surface area (Å²) in [7, 11) is 1.79. The largest absolute Gasteiger partial charge is 0.443 e. The number of hydrogen-bond acceptors (Lipinski definition) is 10. The molecule has 2 amide bonds. The van der Waals surface area contributed by atoms with Gasteiger partial charge in [-0.2, -0.15) is 14.8 Å². The topological polar surface area (TPSA) is 161 Å². The first kappa shape index (κ1) is 25.3. The van der Waals surface area contributed by atoms with Crippen LogP contribution in [-0.4, -0.2) is 73.4 Å². The van der Waals surface area contributed by atoms with Gasteiger partial charge in [0.2, 0.25) is 11.9 Å². The van der Waals surface area contributed by atoms with Crippen molar-refractivity contribution in [3.8, 4) is 0 Å². The molecule has 3 N–H and O–H groups in total. The van der Waals surface area contributed by atoms with E-state index in [1.165, 1.54) is 18.5 Å². The van der Waals surface area contributed by atoms with Crippen molar-refractivity contribution in [2.45, 2.75) is 32.0 Å². The van der Waals surface area contributed by atoms with Crippen molar-refractivity contribution in [3.63, 3.8) is 0 Å². The molecule has 0 saturated carbocycles. The number of likely N-dealkylation sites (tertiary alicyclic amines) is 1. The zero-order valence-electron chi connectivity index (χ0n) is 20.4. The Morgan fingerprint density at radius 3 is 2.73 bits per heavy atom. The lowest BCUT2D eigenvalue weighted by molar-refractivity contribution is -0.126. The zero-order valence-corrected chi connectivity index (χ0v) is 20.4. The molecule has 2 atom stereocenters. The molecule has 1 aliphatic heterocycles. The van der Waals surface area contributed by atoms with Gasteiger partial charge in [-0.05, 0) is 25.0 Å². The maximum atomic E-state index is 12.4. The number of hydrogen-bond donors (Lipinski definition) is 2. The summed E-state index contributed by atoms with van der Waals surface area (Å²) in [6.45, 7) is 6.15. The number of amides is 2. The molecule has 0 spiro atoms. The average Bonchev–Trinajstić information content (AvgIpc) is 3.53. The molecule has 1 aliphatic rings. The van der Waals surface area contributed by atoms with Crippen LogP contribution >= 0.6 is 0 Å². The Bertz CT molecular complexity index is 1310. The molecule has 3 aromatic rings. The van der Waals surface area contributed by atoms with Gasteiger partial charge in [-0.25, -0.2) is 4.79 Å². The zero-order chi connectivity index (χ0) is 26.5. The molecule has 192 valence electrons. The van der Waals surface area contributed by atoms with Crippen LogP contribution in [0.25, 0.3) is 0 Å². The second kappa shape index (κ2) is 10.8. The first-order valence-corrected chi connectivity index (χ1v) is 11.5. The van der Waals surface area contributed by atoms with Crippen molar-refractivity contribution in [2.24, 2.45) is 5.73 Å². The van der Waals surface area contributed by atoms with Gasteiger partial charge >= 0.3 is 6.09 Å². The number of benzene rings is 1. The second-order valence-corrected chi connectivity index (χ2v) is 8.46. The van der Waals surface area contributed by atoms with E-state index in [1.54, 1.807) is 16.8 Å². The summed E-state index contributed by atoms with van der Waals surface area (Å²) in [5, 5.41) is 15.0. The monoisotopic (exact) mass is 505 g/mol. The number of likely N-dealkylation sites (N-methyl/N-ethyl adjacent to an activating group) is 1. The minimum Gasteiger partial charge on any atom is -0.443 e. The van der Waals surface area contributed by atoms with E-state index in [2.05, 4.69) is 32.2 Å². The number of nitrogens with zero attached hydrogens (tertiary/aromatic N) is 7. The third kappa shape index (κ3) is 5.55. The van der Waals surface area contributed by atoms with Crippen molar-refractivity contribution in [3.05, 3.63) is 66.6 Å². The molecular formula is C24H27N9O4. The summed E-state index contributed by atoms with van der Waals surface area (Å²) in [6.07, 6.45) is 4.07. The Labute approximate surface area is 212 Å². The molecule has 13 heteroatoms. The third-order valence-corrected chi connectivity index (χ3v) is 6.13. The first-order valence-electron chi connectivity index (χ1n) is 11.5. The van der Waals surface area contributed by atoms with E-state index in [-0.39, 0.29) is 42.1 Å². The molecule has 4 rings (SSSR count). The summed E-state index contributed by atoms with van der Waals surface area (Å²) in [6, 6.07) is 9.04. The molecule has 2 aromatic heterocycles. The number of ether oxygens (including phenoxy) is 1. The molecular weight excluding hydrogens is 478 g/mol. The fraction of sp³-hybridized carbons (Fsp3) is 0.292. The molecule has 0 bridgehead atoms. The van der Waals surface area contributed by atoms with Crippen molar-refractivity contribution < 1.29 is 19.1 Å². The van der Waals surface area contributed by atoms with E-state index in [0.29, 0.717) is 18.7 Å². The van der Waals surface area contributed by atoms with Gasteiger partial charge in [0.1, 0.15) is 6.61 Å². The number of carbonyl (C=O) groups is 3. The van der Waals surface area contributed by atoms with E-state index < -0.39 is 12.0 Å². The minimum absolute atomic E-state index is 0.0474. The molecule has 37 heavy (non-hydrogen) atoms. The van der Waals surface area contributed by atoms with E-state index >= 15 is 0 Å². The number of aromatic nitrogens is 5. The Morgan fingerprint density at radius 1 is 1.27 bits per heavy atom. The highest BCUT2D eigenvalue weighted by atomic mass is 16.6. The lowest BCUT2D eigenvalue weighted by Gasteiger charge is -2.30. The number of primary amides is 1. The molecule has 13 nitrogen and oxygen atoms in total. The molecule has 0 aliphatic carbocycles. The SMILES string of the molecule is C=CC(=O)N1CC[C@@H](N(C)c2nnc(C(N)=O)c(Nc3cnn(C(=O)OCc4ccccc4)c3)n2)[C@H]1C. The molecule has 0 radical (unpaired) electrons. The van der Waals surface area contributed by atoms with Gasteiger partial charge < -0.3 is 25.6 Å². The van der Waals surface area contributed by atoms with Gasteiger partial charge in [0, 0.05) is 19.6 Å². The predicted octanol–water partition coefficient (Wildman–Crippen LogP) is 1.71. The van der Waals surface area contributed by atoms with Gasteiger partial charge in [0.15, 0.2) is 11.5 Å². The first-order chi connectivity index (χ1) is 17.8. The summed E-state index contributed by atoms with van der Waals surface area (Å²) in [5.41, 5.74) is 6.48. The second-order valence-electron chi connectivity index (χ2n) is 8.46. The fourth-order valence-electron chi connectivity index (χ4n) is 4.15. The standard InChI is InChI=1S/C24H27N9O4/c1-4-19(34)32-11-10-18(15(32)2)31(3)23-28-22(20(21(25)35)29-30-23)27-17-12-26-33(13-17)24(36)37-14-16-8-6-5-7-9-16/h4-9,12-13,15,18H,1,10-11,14H2,2-3H3,(H2,25,35)(H,27,28,30)/t15-,18-/m1/s1. The van der Waals surface area contributed by atoms with E-state index in [9.17, 15) is 14.4 Å². The maximum absolute atomic E-state index is 12.4. The predicted molar refractivity (Wildman–Crippen MR) is 134 cm³/mol. The summed E-state index contributed by atoms with van der Waals surface area (Å²) in [5.74, 6) is -0.699. The van der Waals surface area contributed by atoms with Crippen LogP contribution in [0.2, 0.25) is 0 Å². The van der Waals surface area contributed by atoms with Crippen LogP contribution in [0.4, 0.5) is 22.2 Å². The quantitative estimate of drug-likeness (QED) is 0.431. The fourth-order valence-corrected chi connectivity index (χ4v) is 4.15. The lowest BCUT2D eigenvalue weighted by Crippen LogP contribution is -2.44. The van der Waals surface area contributed by atoms with Crippen molar-refractivity contribution >= 4 is 35.4 Å². The van der Waals surface area contributed by atoms with Crippen LogP contribution in [-0.2, 0) is 16.1 Å². The van der Waals surface area contributed by atoms with E-state index in [1.807, 2.05) is 37.3 Å². The number of nitrogens with two attached hydrogens (primary N) is 1. The molecule has 1 aromatic carbocycles. The van der Waals surface area contributed by atoms with E-state index in [0.717, 1.165) is 10.2 Å². The van der Waals surface area contributed by atoms with Crippen molar-refractivity contribution in [1.29, 1.82) is 0 Å². The van der Waals surface area contributed by atoms with Gasteiger partial charge in [-0.3, -0.25) is 9.59 Å². The third-order valence-electron chi connectivity index (χ3n) is 6.13. The molecule has 1 fully saturated rings. The van der Waals surface area contributed by atoms with Gasteiger partial charge in [-0.1, -0.05) is 36.9 Å². The Hall–Kier alpha value is -4.81. The minimum atomic E-state index is -0.830. The van der Waals surface area contributed by atoms with Crippen LogP contribution in [0, 0.1) is 0 Å². The Balaban J connectivity index is 1.49. The van der Waals surface area contributed by atoms with Crippen molar-refractivity contribution in [1.82, 2.24) is 29.9 Å². The Morgan fingerprint density at radius 2 is 2.03 bits per heavy atom.